The molecule has 1 aliphatic rings. The Hall–Kier alpha value is -1.49. The van der Waals surface area contributed by atoms with Gasteiger partial charge >= 0.3 is 0 Å². The molecule has 1 aromatic carbocycles. The van der Waals surface area contributed by atoms with Crippen molar-refractivity contribution < 1.29 is 4.42 Å². The average molecular weight is 275 g/mol. The summed E-state index contributed by atoms with van der Waals surface area (Å²) in [5.74, 6) is 3.66. The topological polar surface area (TPSA) is 51.0 Å². The van der Waals surface area contributed by atoms with Gasteiger partial charge in [0.05, 0.1) is 5.56 Å². The number of aromatic nitrogens is 2. The Bertz CT molecular complexity index is 549. The minimum absolute atomic E-state index is 0.548. The van der Waals surface area contributed by atoms with Crippen molar-refractivity contribution in [2.75, 3.05) is 16.8 Å². The number of thioether (sulfide) groups is 1. The molecule has 0 atom stereocenters. The van der Waals surface area contributed by atoms with Crippen molar-refractivity contribution in [3.63, 3.8) is 0 Å². The third-order valence-electron chi connectivity index (χ3n) is 3.26. The first-order valence-corrected chi connectivity index (χ1v) is 7.72. The lowest BCUT2D eigenvalue weighted by Crippen LogP contribution is -2.24. The minimum Gasteiger partial charge on any atom is -0.421 e. The van der Waals surface area contributed by atoms with Gasteiger partial charge in [-0.25, -0.2) is 0 Å². The molecule has 0 unspecified atom stereocenters. The Morgan fingerprint density at radius 3 is 2.74 bits per heavy atom. The molecule has 1 saturated heterocycles. The van der Waals surface area contributed by atoms with Gasteiger partial charge in [-0.3, -0.25) is 0 Å². The molecule has 0 amide bonds. The lowest BCUT2D eigenvalue weighted by Gasteiger charge is -2.24. The fourth-order valence-electron chi connectivity index (χ4n) is 2.26. The molecule has 0 spiro atoms. The van der Waals surface area contributed by atoms with Gasteiger partial charge in [0, 0.05) is 18.7 Å². The van der Waals surface area contributed by atoms with Gasteiger partial charge in [0.15, 0.2) is 0 Å². The number of nitrogens with one attached hydrogen (secondary N) is 1. The minimum atomic E-state index is 0.548. The van der Waals surface area contributed by atoms with Gasteiger partial charge in [0.2, 0.25) is 11.8 Å². The quantitative estimate of drug-likeness (QED) is 0.931. The molecule has 1 aliphatic heterocycles. The molecule has 0 radical (unpaired) electrons. The van der Waals surface area contributed by atoms with Crippen LogP contribution in [0.15, 0.2) is 28.7 Å². The zero-order valence-electron chi connectivity index (χ0n) is 10.9. The van der Waals surface area contributed by atoms with Gasteiger partial charge in [-0.15, -0.1) is 10.2 Å². The Morgan fingerprint density at radius 1 is 1.21 bits per heavy atom. The summed E-state index contributed by atoms with van der Waals surface area (Å²) >= 11 is 2.03. The molecule has 1 fully saturated rings. The van der Waals surface area contributed by atoms with E-state index in [0.29, 0.717) is 17.8 Å². The van der Waals surface area contributed by atoms with E-state index in [2.05, 4.69) is 21.6 Å². The van der Waals surface area contributed by atoms with E-state index in [1.54, 1.807) is 0 Å². The van der Waals surface area contributed by atoms with Crippen LogP contribution in [0.3, 0.4) is 0 Å². The normalized spacial score (nSPS) is 16.5. The highest BCUT2D eigenvalue weighted by molar-refractivity contribution is 7.99. The summed E-state index contributed by atoms with van der Waals surface area (Å²) in [6.07, 6.45) is 2.42. The summed E-state index contributed by atoms with van der Waals surface area (Å²) in [6, 6.07) is 8.68. The molecule has 0 aliphatic carbocycles. The van der Waals surface area contributed by atoms with Crippen LogP contribution in [0.1, 0.15) is 18.7 Å². The molecule has 1 N–H and O–H groups in total. The van der Waals surface area contributed by atoms with E-state index in [4.69, 9.17) is 4.42 Å². The molecule has 100 valence electrons. The van der Waals surface area contributed by atoms with Crippen LogP contribution in [-0.2, 0) is 0 Å². The molecule has 0 bridgehead atoms. The lowest BCUT2D eigenvalue weighted by molar-refractivity contribution is 0.533. The van der Waals surface area contributed by atoms with Crippen molar-refractivity contribution in [3.05, 3.63) is 30.2 Å². The number of para-hydroxylation sites is 1. The van der Waals surface area contributed by atoms with E-state index in [9.17, 15) is 0 Å². The molecule has 2 heterocycles. The van der Waals surface area contributed by atoms with E-state index in [-0.39, 0.29) is 0 Å². The first-order valence-electron chi connectivity index (χ1n) is 6.57. The summed E-state index contributed by atoms with van der Waals surface area (Å²) in [4.78, 5) is 0. The van der Waals surface area contributed by atoms with E-state index in [1.165, 1.54) is 24.3 Å². The van der Waals surface area contributed by atoms with E-state index in [0.717, 1.165) is 11.3 Å². The van der Waals surface area contributed by atoms with Crippen molar-refractivity contribution in [2.24, 2.45) is 0 Å². The number of hydrogen-bond acceptors (Lipinski definition) is 5. The number of nitrogens with zero attached hydrogens (tertiary/aromatic N) is 2. The molecule has 5 heteroatoms. The standard InChI is InChI=1S/C14H17N3OS/c1-10-16-17-14(18-10)12-4-2-3-5-13(12)15-11-6-8-19-9-7-11/h2-5,11,15H,6-9H2,1H3. The number of aryl methyl sites for hydroxylation is 1. The maximum atomic E-state index is 5.53. The Balaban J connectivity index is 1.84. The summed E-state index contributed by atoms with van der Waals surface area (Å²) in [5.41, 5.74) is 2.07. The van der Waals surface area contributed by atoms with Gasteiger partial charge in [0.25, 0.3) is 0 Å². The van der Waals surface area contributed by atoms with Crippen molar-refractivity contribution in [1.29, 1.82) is 0 Å². The fourth-order valence-corrected chi connectivity index (χ4v) is 3.37. The Labute approximate surface area is 117 Å². The third kappa shape index (κ3) is 2.92. The van der Waals surface area contributed by atoms with Crippen LogP contribution in [0.4, 0.5) is 5.69 Å². The largest absolute Gasteiger partial charge is 0.421 e. The lowest BCUT2D eigenvalue weighted by atomic mass is 10.1. The van der Waals surface area contributed by atoms with Gasteiger partial charge in [-0.2, -0.15) is 11.8 Å². The highest BCUT2D eigenvalue weighted by Gasteiger charge is 2.16. The first kappa shape index (κ1) is 12.5. The summed E-state index contributed by atoms with van der Waals surface area (Å²) in [5, 5.41) is 11.6. The van der Waals surface area contributed by atoms with E-state index < -0.39 is 0 Å². The molecule has 4 nitrogen and oxygen atoms in total. The van der Waals surface area contributed by atoms with Crippen molar-refractivity contribution in [1.82, 2.24) is 10.2 Å². The first-order chi connectivity index (χ1) is 9.33. The smallest absolute Gasteiger partial charge is 0.249 e. The number of anilines is 1. The van der Waals surface area contributed by atoms with Crippen molar-refractivity contribution >= 4 is 17.4 Å². The zero-order chi connectivity index (χ0) is 13.1. The average Bonchev–Trinajstić information content (AvgIpc) is 2.87. The number of hydrogen-bond donors (Lipinski definition) is 1. The molecular weight excluding hydrogens is 258 g/mol. The second kappa shape index (κ2) is 5.65. The highest BCUT2D eigenvalue weighted by Crippen LogP contribution is 2.29. The Morgan fingerprint density at radius 2 is 2.00 bits per heavy atom. The van der Waals surface area contributed by atoms with Crippen LogP contribution >= 0.6 is 11.8 Å². The van der Waals surface area contributed by atoms with Crippen LogP contribution in [-0.4, -0.2) is 27.7 Å². The van der Waals surface area contributed by atoms with Gasteiger partial charge in [-0.1, -0.05) is 12.1 Å². The van der Waals surface area contributed by atoms with Crippen LogP contribution in [0, 0.1) is 6.92 Å². The highest BCUT2D eigenvalue weighted by atomic mass is 32.2. The van der Waals surface area contributed by atoms with E-state index in [1.807, 2.05) is 36.9 Å². The molecule has 2 aromatic rings. The van der Waals surface area contributed by atoms with Gasteiger partial charge < -0.3 is 9.73 Å². The molecular formula is C14H17N3OS. The third-order valence-corrected chi connectivity index (χ3v) is 4.31. The van der Waals surface area contributed by atoms with Gasteiger partial charge in [-0.05, 0) is 36.5 Å². The van der Waals surface area contributed by atoms with E-state index >= 15 is 0 Å². The van der Waals surface area contributed by atoms with Crippen molar-refractivity contribution in [3.8, 4) is 11.5 Å². The maximum absolute atomic E-state index is 5.53. The number of benzene rings is 1. The van der Waals surface area contributed by atoms with Gasteiger partial charge in [0.1, 0.15) is 0 Å². The molecule has 3 rings (SSSR count). The van der Waals surface area contributed by atoms with Crippen LogP contribution in [0.25, 0.3) is 11.5 Å². The van der Waals surface area contributed by atoms with Crippen LogP contribution in [0.2, 0.25) is 0 Å². The number of rotatable bonds is 3. The van der Waals surface area contributed by atoms with Crippen LogP contribution in [0.5, 0.6) is 0 Å². The summed E-state index contributed by atoms with van der Waals surface area (Å²) < 4.78 is 5.53. The predicted molar refractivity (Wildman–Crippen MR) is 78.4 cm³/mol. The fraction of sp³-hybridized carbons (Fsp3) is 0.429. The molecule has 19 heavy (non-hydrogen) atoms. The Kier molecular flexibility index (Phi) is 3.73. The SMILES string of the molecule is Cc1nnc(-c2ccccc2NC2CCSCC2)o1. The molecule has 1 aromatic heterocycles. The summed E-state index contributed by atoms with van der Waals surface area (Å²) in [6.45, 7) is 1.81. The second-order valence-corrected chi connectivity index (χ2v) is 5.93. The molecule has 0 saturated carbocycles. The zero-order valence-corrected chi connectivity index (χ0v) is 11.7. The van der Waals surface area contributed by atoms with Crippen molar-refractivity contribution in [2.45, 2.75) is 25.8 Å². The monoisotopic (exact) mass is 275 g/mol. The summed E-state index contributed by atoms with van der Waals surface area (Å²) in [7, 11) is 0. The maximum Gasteiger partial charge on any atom is 0.249 e. The predicted octanol–water partition coefficient (Wildman–Crippen LogP) is 3.35. The second-order valence-electron chi connectivity index (χ2n) is 4.70. The van der Waals surface area contributed by atoms with Crippen LogP contribution < -0.4 is 5.32 Å².